The van der Waals surface area contributed by atoms with Crippen LogP contribution in [0.5, 0.6) is 0 Å². The molecule has 1 unspecified atom stereocenters. The van der Waals surface area contributed by atoms with Crippen LogP contribution in [-0.4, -0.2) is 23.3 Å². The van der Waals surface area contributed by atoms with Gasteiger partial charge in [0.1, 0.15) is 0 Å². The van der Waals surface area contributed by atoms with Gasteiger partial charge in [0.15, 0.2) is 0 Å². The number of hydrogen-bond donors (Lipinski definition) is 2. The van der Waals surface area contributed by atoms with Gasteiger partial charge in [-0.1, -0.05) is 6.07 Å². The van der Waals surface area contributed by atoms with Crippen LogP contribution in [-0.2, 0) is 9.59 Å². The molecular weight excluding hydrogens is 302 g/mol. The van der Waals surface area contributed by atoms with Crippen LogP contribution in [0.2, 0.25) is 0 Å². The Balaban J connectivity index is 1.61. The largest absolute Gasteiger partial charge is 0.356 e. The Labute approximate surface area is 143 Å². The van der Waals surface area contributed by atoms with Gasteiger partial charge in [-0.3, -0.25) is 14.6 Å². The average molecular weight is 329 g/mol. The van der Waals surface area contributed by atoms with Crippen molar-refractivity contribution in [1.82, 2.24) is 15.6 Å². The quantitative estimate of drug-likeness (QED) is 0.843. The minimum atomic E-state index is 0.0148. The fraction of sp³-hybridized carbons (Fsp3) is 0.632. The molecule has 2 amide bonds. The van der Waals surface area contributed by atoms with E-state index in [1.165, 1.54) is 0 Å². The van der Waals surface area contributed by atoms with Crippen molar-refractivity contribution in [3.8, 4) is 0 Å². The molecule has 0 aliphatic heterocycles. The second-order valence-corrected chi connectivity index (χ2v) is 7.23. The minimum Gasteiger partial charge on any atom is -0.356 e. The first-order chi connectivity index (χ1) is 11.6. The van der Waals surface area contributed by atoms with Crippen LogP contribution in [0.25, 0.3) is 0 Å². The van der Waals surface area contributed by atoms with Crippen molar-refractivity contribution in [3.63, 3.8) is 0 Å². The van der Waals surface area contributed by atoms with Crippen LogP contribution in [0.4, 0.5) is 0 Å². The molecule has 1 aromatic rings. The molecule has 0 radical (unpaired) electrons. The molecule has 3 rings (SSSR count). The molecule has 130 valence electrons. The fourth-order valence-electron chi connectivity index (χ4n) is 3.62. The molecule has 2 aliphatic rings. The van der Waals surface area contributed by atoms with Gasteiger partial charge >= 0.3 is 0 Å². The first kappa shape index (κ1) is 16.9. The predicted octanol–water partition coefficient (Wildman–Crippen LogP) is 2.59. The lowest BCUT2D eigenvalue weighted by Gasteiger charge is -2.34. The van der Waals surface area contributed by atoms with E-state index < -0.39 is 0 Å². The zero-order chi connectivity index (χ0) is 16.9. The number of nitrogens with one attached hydrogen (secondary N) is 2. The molecule has 5 nitrogen and oxygen atoms in total. The molecule has 5 heteroatoms. The van der Waals surface area contributed by atoms with Crippen LogP contribution >= 0.6 is 0 Å². The summed E-state index contributed by atoms with van der Waals surface area (Å²) in [6, 6.07) is 5.93. The number of carbonyl (C=O) groups excluding carboxylic acids is 2. The maximum absolute atomic E-state index is 12.3. The standard InChI is InChI=1S/C19H27N3O2/c1-13(23)21-12-14-5-7-15(8-6-14)18(17-4-2-3-11-20-17)22-19(24)16-9-10-16/h2-4,11,14-16,18H,5-10,12H2,1H3,(H,21,23)(H,22,24). The third kappa shape index (κ3) is 4.56. The van der Waals surface area contributed by atoms with Gasteiger partial charge in [0.25, 0.3) is 0 Å². The number of pyridine rings is 1. The molecule has 24 heavy (non-hydrogen) atoms. The topological polar surface area (TPSA) is 71.1 Å². The van der Waals surface area contributed by atoms with Crippen LogP contribution in [0.1, 0.15) is 57.2 Å². The Bertz CT molecular complexity index is 563. The Morgan fingerprint density at radius 1 is 1.17 bits per heavy atom. The van der Waals surface area contributed by atoms with E-state index in [1.54, 1.807) is 13.1 Å². The number of nitrogens with zero attached hydrogens (tertiary/aromatic N) is 1. The van der Waals surface area contributed by atoms with E-state index in [2.05, 4.69) is 15.6 Å². The summed E-state index contributed by atoms with van der Waals surface area (Å²) in [6.07, 6.45) is 8.15. The Morgan fingerprint density at radius 3 is 2.50 bits per heavy atom. The first-order valence-electron chi connectivity index (χ1n) is 9.09. The van der Waals surface area contributed by atoms with Gasteiger partial charge in [0, 0.05) is 25.6 Å². The molecule has 2 fully saturated rings. The Morgan fingerprint density at radius 2 is 1.92 bits per heavy atom. The van der Waals surface area contributed by atoms with E-state index in [0.717, 1.165) is 50.8 Å². The number of carbonyl (C=O) groups is 2. The van der Waals surface area contributed by atoms with Gasteiger partial charge in [0.05, 0.1) is 11.7 Å². The fourth-order valence-corrected chi connectivity index (χ4v) is 3.62. The molecule has 2 aliphatic carbocycles. The number of amides is 2. The van der Waals surface area contributed by atoms with Crippen molar-refractivity contribution >= 4 is 11.8 Å². The monoisotopic (exact) mass is 329 g/mol. The van der Waals surface area contributed by atoms with Crippen molar-refractivity contribution in [2.45, 2.75) is 51.5 Å². The summed E-state index contributed by atoms with van der Waals surface area (Å²) in [5.74, 6) is 1.42. The van der Waals surface area contributed by atoms with Crippen molar-refractivity contribution in [2.75, 3.05) is 6.54 Å². The van der Waals surface area contributed by atoms with Crippen LogP contribution in [0.3, 0.4) is 0 Å². The number of aromatic nitrogens is 1. The predicted molar refractivity (Wildman–Crippen MR) is 92.0 cm³/mol. The van der Waals surface area contributed by atoms with E-state index in [4.69, 9.17) is 0 Å². The summed E-state index contributed by atoms with van der Waals surface area (Å²) in [4.78, 5) is 27.8. The van der Waals surface area contributed by atoms with Crippen molar-refractivity contribution in [3.05, 3.63) is 30.1 Å². The van der Waals surface area contributed by atoms with Gasteiger partial charge in [-0.25, -0.2) is 0 Å². The Hall–Kier alpha value is -1.91. The summed E-state index contributed by atoms with van der Waals surface area (Å²) in [7, 11) is 0. The highest BCUT2D eigenvalue weighted by Crippen LogP contribution is 2.37. The third-order valence-electron chi connectivity index (χ3n) is 5.25. The van der Waals surface area contributed by atoms with Crippen LogP contribution in [0, 0.1) is 17.8 Å². The zero-order valence-corrected chi connectivity index (χ0v) is 14.3. The van der Waals surface area contributed by atoms with E-state index in [1.807, 2.05) is 18.2 Å². The maximum Gasteiger partial charge on any atom is 0.223 e. The van der Waals surface area contributed by atoms with E-state index in [9.17, 15) is 9.59 Å². The zero-order valence-electron chi connectivity index (χ0n) is 14.3. The van der Waals surface area contributed by atoms with Crippen LogP contribution < -0.4 is 10.6 Å². The molecule has 1 atom stereocenters. The second-order valence-electron chi connectivity index (χ2n) is 7.23. The molecule has 0 bridgehead atoms. The van der Waals surface area contributed by atoms with Crippen molar-refractivity contribution < 1.29 is 9.59 Å². The van der Waals surface area contributed by atoms with Gasteiger partial charge in [-0.05, 0) is 62.5 Å². The first-order valence-corrected chi connectivity index (χ1v) is 9.09. The second kappa shape index (κ2) is 7.77. The normalized spacial score (nSPS) is 24.9. The van der Waals surface area contributed by atoms with Gasteiger partial charge in [-0.15, -0.1) is 0 Å². The van der Waals surface area contributed by atoms with Crippen LogP contribution in [0.15, 0.2) is 24.4 Å². The Kier molecular flexibility index (Phi) is 5.48. The minimum absolute atomic E-state index is 0.0148. The van der Waals surface area contributed by atoms with E-state index >= 15 is 0 Å². The molecule has 2 saturated carbocycles. The summed E-state index contributed by atoms with van der Waals surface area (Å²) >= 11 is 0. The smallest absolute Gasteiger partial charge is 0.223 e. The van der Waals surface area contributed by atoms with Gasteiger partial charge < -0.3 is 10.6 Å². The van der Waals surface area contributed by atoms with Crippen molar-refractivity contribution in [1.29, 1.82) is 0 Å². The number of hydrogen-bond acceptors (Lipinski definition) is 3. The lowest BCUT2D eigenvalue weighted by Crippen LogP contribution is -2.37. The van der Waals surface area contributed by atoms with Gasteiger partial charge in [0.2, 0.25) is 11.8 Å². The SMILES string of the molecule is CC(=O)NCC1CCC(C(NC(=O)C2CC2)c2ccccn2)CC1. The van der Waals surface area contributed by atoms with Crippen molar-refractivity contribution in [2.24, 2.45) is 17.8 Å². The molecule has 0 saturated heterocycles. The lowest BCUT2D eigenvalue weighted by atomic mass is 9.77. The van der Waals surface area contributed by atoms with Gasteiger partial charge in [-0.2, -0.15) is 0 Å². The van der Waals surface area contributed by atoms with E-state index in [0.29, 0.717) is 11.8 Å². The lowest BCUT2D eigenvalue weighted by molar-refractivity contribution is -0.123. The highest BCUT2D eigenvalue weighted by molar-refractivity contribution is 5.81. The maximum atomic E-state index is 12.3. The summed E-state index contributed by atoms with van der Waals surface area (Å²) in [5.41, 5.74) is 0.969. The average Bonchev–Trinajstić information content (AvgIpc) is 3.44. The summed E-state index contributed by atoms with van der Waals surface area (Å²) < 4.78 is 0. The highest BCUT2D eigenvalue weighted by Gasteiger charge is 2.35. The molecule has 1 heterocycles. The molecular formula is C19H27N3O2. The third-order valence-corrected chi connectivity index (χ3v) is 5.25. The van der Waals surface area contributed by atoms with E-state index in [-0.39, 0.29) is 23.8 Å². The summed E-state index contributed by atoms with van der Waals surface area (Å²) in [6.45, 7) is 2.33. The molecule has 0 aromatic carbocycles. The number of rotatable bonds is 6. The highest BCUT2D eigenvalue weighted by atomic mass is 16.2. The molecule has 1 aromatic heterocycles. The molecule has 2 N–H and O–H groups in total. The molecule has 0 spiro atoms. The summed E-state index contributed by atoms with van der Waals surface area (Å²) in [5, 5.41) is 6.18.